The van der Waals surface area contributed by atoms with Crippen LogP contribution in [0.3, 0.4) is 0 Å². The van der Waals surface area contributed by atoms with Crippen LogP contribution in [0.2, 0.25) is 0 Å². The maximum absolute atomic E-state index is 13.0. The molecule has 0 saturated heterocycles. The van der Waals surface area contributed by atoms with Crippen LogP contribution in [0.5, 0.6) is 0 Å². The van der Waals surface area contributed by atoms with Gasteiger partial charge in [0.1, 0.15) is 0 Å². The summed E-state index contributed by atoms with van der Waals surface area (Å²) in [6.45, 7) is 3.49. The van der Waals surface area contributed by atoms with Crippen LogP contribution >= 0.6 is 0 Å². The second kappa shape index (κ2) is 6.03. The molecule has 0 amide bonds. The molecule has 0 aliphatic carbocycles. The number of benzene rings is 2. The number of Topliss-reactive ketones (excluding diaryl/α,β-unsaturated/α-hetero) is 1. The maximum Gasteiger partial charge on any atom is 0.264 e. The fraction of sp³-hybridized carbons (Fsp3) is 0.278. The van der Waals surface area contributed by atoms with Gasteiger partial charge in [-0.15, -0.1) is 0 Å². The molecule has 0 radical (unpaired) electrons. The topological polar surface area (TPSA) is 74.7 Å². The van der Waals surface area contributed by atoms with E-state index in [1.165, 1.54) is 35.5 Å². The van der Waals surface area contributed by atoms with Crippen LogP contribution < -0.4 is 4.31 Å². The molecular formula is C18H19NO4S. The SMILES string of the molecule is CC(=O)c1ccc(S(=O)(=O)N2CCC(O)c3cccc(C)c32)cc1. The lowest BCUT2D eigenvalue weighted by Gasteiger charge is -2.34. The van der Waals surface area contributed by atoms with E-state index in [2.05, 4.69) is 0 Å². The average molecular weight is 345 g/mol. The monoisotopic (exact) mass is 345 g/mol. The van der Waals surface area contributed by atoms with E-state index in [1.807, 2.05) is 19.1 Å². The van der Waals surface area contributed by atoms with Crippen LogP contribution in [0.15, 0.2) is 47.4 Å². The Morgan fingerprint density at radius 3 is 2.46 bits per heavy atom. The molecule has 0 saturated carbocycles. The first-order valence-electron chi connectivity index (χ1n) is 7.73. The van der Waals surface area contributed by atoms with Crippen molar-refractivity contribution in [2.75, 3.05) is 10.8 Å². The molecule has 0 aromatic heterocycles. The first-order valence-corrected chi connectivity index (χ1v) is 9.17. The molecule has 24 heavy (non-hydrogen) atoms. The molecular weight excluding hydrogens is 326 g/mol. The van der Waals surface area contributed by atoms with Crippen molar-refractivity contribution in [2.24, 2.45) is 0 Å². The van der Waals surface area contributed by atoms with E-state index in [-0.39, 0.29) is 17.2 Å². The highest BCUT2D eigenvalue weighted by molar-refractivity contribution is 7.92. The first kappa shape index (κ1) is 16.7. The van der Waals surface area contributed by atoms with Crippen molar-refractivity contribution in [3.8, 4) is 0 Å². The van der Waals surface area contributed by atoms with Crippen molar-refractivity contribution in [1.82, 2.24) is 0 Å². The number of rotatable bonds is 3. The van der Waals surface area contributed by atoms with Crippen molar-refractivity contribution < 1.29 is 18.3 Å². The van der Waals surface area contributed by atoms with Gasteiger partial charge in [-0.3, -0.25) is 9.10 Å². The molecule has 0 bridgehead atoms. The Bertz CT molecular complexity index is 888. The summed E-state index contributed by atoms with van der Waals surface area (Å²) >= 11 is 0. The molecule has 1 aliphatic rings. The van der Waals surface area contributed by atoms with Crippen LogP contribution in [-0.2, 0) is 10.0 Å². The average Bonchev–Trinajstić information content (AvgIpc) is 2.56. The zero-order valence-corrected chi connectivity index (χ0v) is 14.4. The predicted octanol–water partition coefficient (Wildman–Crippen LogP) is 2.83. The summed E-state index contributed by atoms with van der Waals surface area (Å²) < 4.78 is 27.5. The molecule has 6 heteroatoms. The number of aliphatic hydroxyl groups is 1. The molecule has 1 atom stereocenters. The molecule has 1 N–H and O–H groups in total. The van der Waals surface area contributed by atoms with E-state index in [0.717, 1.165) is 5.56 Å². The van der Waals surface area contributed by atoms with Crippen LogP contribution in [-0.4, -0.2) is 25.9 Å². The molecule has 1 heterocycles. The second-order valence-electron chi connectivity index (χ2n) is 5.97. The molecule has 126 valence electrons. The molecule has 1 aliphatic heterocycles. The lowest BCUT2D eigenvalue weighted by atomic mass is 9.98. The maximum atomic E-state index is 13.0. The van der Waals surface area contributed by atoms with Gasteiger partial charge in [0, 0.05) is 17.7 Å². The van der Waals surface area contributed by atoms with Crippen LogP contribution in [0.1, 0.15) is 40.9 Å². The van der Waals surface area contributed by atoms with Gasteiger partial charge < -0.3 is 5.11 Å². The molecule has 0 spiro atoms. The van der Waals surface area contributed by atoms with E-state index < -0.39 is 16.1 Å². The number of ketones is 1. The smallest absolute Gasteiger partial charge is 0.264 e. The number of fused-ring (bicyclic) bond motifs is 1. The second-order valence-corrected chi connectivity index (χ2v) is 7.84. The Kier molecular flexibility index (Phi) is 4.19. The zero-order valence-electron chi connectivity index (χ0n) is 13.6. The normalized spacial score (nSPS) is 17.5. The lowest BCUT2D eigenvalue weighted by Crippen LogP contribution is -2.37. The summed E-state index contributed by atoms with van der Waals surface area (Å²) in [7, 11) is -3.75. The zero-order chi connectivity index (χ0) is 17.5. The number of aryl methyl sites for hydroxylation is 1. The number of hydrogen-bond donors (Lipinski definition) is 1. The number of sulfonamides is 1. The molecule has 2 aromatic rings. The van der Waals surface area contributed by atoms with Gasteiger partial charge in [-0.2, -0.15) is 0 Å². The van der Waals surface area contributed by atoms with Gasteiger partial charge in [0.05, 0.1) is 16.7 Å². The minimum Gasteiger partial charge on any atom is -0.388 e. The van der Waals surface area contributed by atoms with Gasteiger partial charge in [-0.25, -0.2) is 8.42 Å². The highest BCUT2D eigenvalue weighted by Crippen LogP contribution is 2.39. The Morgan fingerprint density at radius 2 is 1.83 bits per heavy atom. The Balaban J connectivity index is 2.08. The van der Waals surface area contributed by atoms with Gasteiger partial charge in [-0.1, -0.05) is 30.3 Å². The summed E-state index contributed by atoms with van der Waals surface area (Å²) in [6, 6.07) is 11.4. The third kappa shape index (κ3) is 2.72. The fourth-order valence-electron chi connectivity index (χ4n) is 3.03. The largest absolute Gasteiger partial charge is 0.388 e. The van der Waals surface area contributed by atoms with Crippen molar-refractivity contribution in [2.45, 2.75) is 31.3 Å². The summed E-state index contributed by atoms with van der Waals surface area (Å²) in [5.74, 6) is -0.110. The molecule has 5 nitrogen and oxygen atoms in total. The molecule has 0 fully saturated rings. The fourth-order valence-corrected chi connectivity index (χ4v) is 4.60. The number of para-hydroxylation sites is 1. The van der Waals surface area contributed by atoms with E-state index in [4.69, 9.17) is 0 Å². The quantitative estimate of drug-likeness (QED) is 0.868. The predicted molar refractivity (Wildman–Crippen MR) is 91.7 cm³/mol. The Labute approximate surface area is 141 Å². The summed E-state index contributed by atoms with van der Waals surface area (Å²) in [5, 5.41) is 10.2. The van der Waals surface area contributed by atoms with E-state index in [1.54, 1.807) is 6.07 Å². The van der Waals surface area contributed by atoms with Crippen molar-refractivity contribution in [3.63, 3.8) is 0 Å². The third-order valence-electron chi connectivity index (χ3n) is 4.33. The lowest BCUT2D eigenvalue weighted by molar-refractivity contribution is 0.101. The van der Waals surface area contributed by atoms with Crippen LogP contribution in [0.25, 0.3) is 0 Å². The first-order chi connectivity index (χ1) is 11.3. The van der Waals surface area contributed by atoms with Crippen LogP contribution in [0.4, 0.5) is 5.69 Å². The summed E-state index contributed by atoms with van der Waals surface area (Å²) in [6.07, 6.45) is -0.312. The van der Waals surface area contributed by atoms with Gasteiger partial charge in [0.25, 0.3) is 10.0 Å². The molecule has 3 rings (SSSR count). The van der Waals surface area contributed by atoms with E-state index in [0.29, 0.717) is 23.2 Å². The van der Waals surface area contributed by atoms with Gasteiger partial charge in [0.15, 0.2) is 5.78 Å². The number of hydrogen-bond acceptors (Lipinski definition) is 4. The standard InChI is InChI=1S/C18H19NO4S/c1-12-4-3-5-16-17(21)10-11-19(18(12)16)24(22,23)15-8-6-14(7-9-15)13(2)20/h3-9,17,21H,10-11H2,1-2H3. The van der Waals surface area contributed by atoms with Crippen LogP contribution in [0, 0.1) is 6.92 Å². The van der Waals surface area contributed by atoms with Gasteiger partial charge in [-0.05, 0) is 38.0 Å². The van der Waals surface area contributed by atoms with Crippen molar-refractivity contribution in [1.29, 1.82) is 0 Å². The number of nitrogens with zero attached hydrogens (tertiary/aromatic N) is 1. The Morgan fingerprint density at radius 1 is 1.17 bits per heavy atom. The van der Waals surface area contributed by atoms with E-state index in [9.17, 15) is 18.3 Å². The Hall–Kier alpha value is -2.18. The number of anilines is 1. The number of aliphatic hydroxyl groups excluding tert-OH is 1. The third-order valence-corrected chi connectivity index (χ3v) is 6.15. The number of carbonyl (C=O) groups excluding carboxylic acids is 1. The highest BCUT2D eigenvalue weighted by Gasteiger charge is 2.33. The van der Waals surface area contributed by atoms with Crippen molar-refractivity contribution in [3.05, 3.63) is 59.2 Å². The minimum atomic E-state index is -3.75. The van der Waals surface area contributed by atoms with E-state index >= 15 is 0 Å². The van der Waals surface area contributed by atoms with Gasteiger partial charge in [0.2, 0.25) is 0 Å². The summed E-state index contributed by atoms with van der Waals surface area (Å²) in [4.78, 5) is 11.5. The van der Waals surface area contributed by atoms with Gasteiger partial charge >= 0.3 is 0 Å². The molecule has 1 unspecified atom stereocenters. The van der Waals surface area contributed by atoms with Crippen molar-refractivity contribution >= 4 is 21.5 Å². The minimum absolute atomic E-state index is 0.110. The summed E-state index contributed by atoms with van der Waals surface area (Å²) in [5.41, 5.74) is 2.45. The molecule has 2 aromatic carbocycles. The highest BCUT2D eigenvalue weighted by atomic mass is 32.2. The number of carbonyl (C=O) groups is 1.